The lowest BCUT2D eigenvalue weighted by atomic mass is 9.97. The molecule has 1 nitrogen and oxygen atoms in total. The van der Waals surface area contributed by atoms with E-state index in [1.54, 1.807) is 0 Å². The summed E-state index contributed by atoms with van der Waals surface area (Å²) in [5.41, 5.74) is 4.39. The molecule has 1 atom stereocenters. The van der Waals surface area contributed by atoms with E-state index in [1.807, 2.05) is 0 Å². The fourth-order valence-corrected chi connectivity index (χ4v) is 6.33. The Bertz CT molecular complexity index is 1210. The average molecular weight is 440 g/mol. The van der Waals surface area contributed by atoms with E-state index in [2.05, 4.69) is 73.0 Å². The maximum Gasteiger partial charge on any atom is 0.0571 e. The van der Waals surface area contributed by atoms with E-state index in [0.29, 0.717) is 0 Å². The van der Waals surface area contributed by atoms with Gasteiger partial charge >= 0.3 is 0 Å². The van der Waals surface area contributed by atoms with Crippen LogP contribution in [-0.4, -0.2) is 4.57 Å². The molecule has 0 amide bonds. The van der Waals surface area contributed by atoms with Gasteiger partial charge in [0, 0.05) is 28.2 Å². The monoisotopic (exact) mass is 439 g/mol. The molecule has 3 aromatic carbocycles. The van der Waals surface area contributed by atoms with Gasteiger partial charge in [-0.05, 0) is 54.2 Å². The van der Waals surface area contributed by atoms with Crippen molar-refractivity contribution < 1.29 is 0 Å². The molecule has 1 aliphatic carbocycles. The van der Waals surface area contributed by atoms with Gasteiger partial charge in [-0.1, -0.05) is 108 Å². The molecular formula is C32H41N. The minimum atomic E-state index is 0.744. The predicted molar refractivity (Wildman–Crippen MR) is 145 cm³/mol. The Morgan fingerprint density at radius 1 is 0.879 bits per heavy atom. The number of benzene rings is 3. The van der Waals surface area contributed by atoms with E-state index in [4.69, 9.17) is 0 Å². The second kappa shape index (κ2) is 10.3. The zero-order chi connectivity index (χ0) is 22.6. The standard InChI is InChI=1S/C32H41N/c1-3-5-11-24(4-2)23-33-31-21-18-26(15-10-14-25-12-6-7-13-25)22-30(31)29-20-19-27-16-8-9-17-28(27)32(29)33/h8-9,16-22,24-25H,3-7,10-15,23H2,1-2H3. The quantitative estimate of drug-likeness (QED) is 0.232. The minimum absolute atomic E-state index is 0.744. The fraction of sp³-hybridized carbons (Fsp3) is 0.500. The van der Waals surface area contributed by atoms with Crippen LogP contribution in [0.15, 0.2) is 54.6 Å². The topological polar surface area (TPSA) is 4.93 Å². The van der Waals surface area contributed by atoms with Crippen LogP contribution >= 0.6 is 0 Å². The Morgan fingerprint density at radius 3 is 2.55 bits per heavy atom. The van der Waals surface area contributed by atoms with Gasteiger partial charge in [-0.3, -0.25) is 0 Å². The third kappa shape index (κ3) is 4.70. The number of unbranched alkanes of at least 4 members (excludes halogenated alkanes) is 1. The molecule has 0 bridgehead atoms. The molecule has 0 radical (unpaired) electrons. The molecule has 1 saturated carbocycles. The number of rotatable bonds is 10. The van der Waals surface area contributed by atoms with Gasteiger partial charge in [-0.25, -0.2) is 0 Å². The lowest BCUT2D eigenvalue weighted by Gasteiger charge is -2.18. The molecule has 0 aliphatic heterocycles. The minimum Gasteiger partial charge on any atom is -0.340 e. The zero-order valence-electron chi connectivity index (χ0n) is 20.8. The van der Waals surface area contributed by atoms with Gasteiger partial charge in [-0.15, -0.1) is 0 Å². The Hall–Kier alpha value is -2.28. The lowest BCUT2D eigenvalue weighted by molar-refractivity contribution is 0.401. The van der Waals surface area contributed by atoms with Gasteiger partial charge in [0.2, 0.25) is 0 Å². The summed E-state index contributed by atoms with van der Waals surface area (Å²) < 4.78 is 2.67. The van der Waals surface area contributed by atoms with Crippen molar-refractivity contribution in [1.82, 2.24) is 4.57 Å². The van der Waals surface area contributed by atoms with Crippen LogP contribution in [0.1, 0.15) is 83.6 Å². The molecule has 0 N–H and O–H groups in total. The first-order valence-electron chi connectivity index (χ1n) is 13.7. The maximum atomic E-state index is 2.67. The molecule has 1 fully saturated rings. The van der Waals surface area contributed by atoms with Crippen molar-refractivity contribution in [2.45, 2.75) is 91.0 Å². The van der Waals surface area contributed by atoms with Gasteiger partial charge in [0.05, 0.1) is 5.52 Å². The molecule has 174 valence electrons. The van der Waals surface area contributed by atoms with Crippen molar-refractivity contribution in [2.75, 3.05) is 0 Å². The molecular weight excluding hydrogens is 398 g/mol. The molecule has 1 heteroatoms. The SMILES string of the molecule is CCCCC(CC)Cn1c2ccc(CCCC3CCCC3)cc2c2ccc3ccccc3c21. The van der Waals surface area contributed by atoms with Crippen LogP contribution in [0.2, 0.25) is 0 Å². The van der Waals surface area contributed by atoms with Gasteiger partial charge in [0.25, 0.3) is 0 Å². The molecule has 4 aromatic rings. The predicted octanol–water partition coefficient (Wildman–Crippen LogP) is 9.68. The van der Waals surface area contributed by atoms with Crippen LogP contribution in [-0.2, 0) is 13.0 Å². The van der Waals surface area contributed by atoms with Crippen LogP contribution < -0.4 is 0 Å². The van der Waals surface area contributed by atoms with E-state index in [-0.39, 0.29) is 0 Å². The van der Waals surface area contributed by atoms with Crippen molar-refractivity contribution in [3.05, 3.63) is 60.2 Å². The first-order chi connectivity index (χ1) is 16.3. The highest BCUT2D eigenvalue weighted by molar-refractivity contribution is 6.17. The third-order valence-corrected chi connectivity index (χ3v) is 8.35. The first-order valence-corrected chi connectivity index (χ1v) is 13.7. The molecule has 1 aromatic heterocycles. The van der Waals surface area contributed by atoms with Crippen molar-refractivity contribution in [3.63, 3.8) is 0 Å². The van der Waals surface area contributed by atoms with Gasteiger partial charge < -0.3 is 4.57 Å². The van der Waals surface area contributed by atoms with Crippen molar-refractivity contribution >= 4 is 32.6 Å². The fourth-order valence-electron chi connectivity index (χ4n) is 6.33. The largest absolute Gasteiger partial charge is 0.340 e. The van der Waals surface area contributed by atoms with Crippen molar-refractivity contribution in [3.8, 4) is 0 Å². The number of nitrogens with zero attached hydrogens (tertiary/aromatic N) is 1. The van der Waals surface area contributed by atoms with E-state index >= 15 is 0 Å². The summed E-state index contributed by atoms with van der Waals surface area (Å²) in [7, 11) is 0. The Kier molecular flexibility index (Phi) is 7.04. The van der Waals surface area contributed by atoms with E-state index < -0.39 is 0 Å². The number of hydrogen-bond acceptors (Lipinski definition) is 0. The number of aromatic nitrogens is 1. The van der Waals surface area contributed by atoms with Crippen molar-refractivity contribution in [1.29, 1.82) is 0 Å². The van der Waals surface area contributed by atoms with Crippen LogP contribution in [0, 0.1) is 11.8 Å². The van der Waals surface area contributed by atoms with Crippen LogP contribution in [0.4, 0.5) is 0 Å². The second-order valence-electron chi connectivity index (χ2n) is 10.6. The van der Waals surface area contributed by atoms with Crippen LogP contribution in [0.25, 0.3) is 32.6 Å². The van der Waals surface area contributed by atoms with E-state index in [9.17, 15) is 0 Å². The Morgan fingerprint density at radius 2 is 1.73 bits per heavy atom. The second-order valence-corrected chi connectivity index (χ2v) is 10.6. The summed E-state index contributed by atoms with van der Waals surface area (Å²) in [5.74, 6) is 1.74. The normalized spacial score (nSPS) is 15.8. The van der Waals surface area contributed by atoms with E-state index in [0.717, 1.165) is 18.4 Å². The van der Waals surface area contributed by atoms with Crippen LogP contribution in [0.3, 0.4) is 0 Å². The number of fused-ring (bicyclic) bond motifs is 5. The molecule has 33 heavy (non-hydrogen) atoms. The molecule has 1 aliphatic rings. The summed E-state index contributed by atoms with van der Waals surface area (Å²) in [6.07, 6.45) is 15.0. The lowest BCUT2D eigenvalue weighted by Crippen LogP contribution is -2.10. The zero-order valence-corrected chi connectivity index (χ0v) is 20.8. The first kappa shape index (κ1) is 22.5. The Labute approximate surface area is 200 Å². The van der Waals surface area contributed by atoms with Gasteiger partial charge in [0.15, 0.2) is 0 Å². The highest BCUT2D eigenvalue weighted by Gasteiger charge is 2.18. The molecule has 5 rings (SSSR count). The maximum absolute atomic E-state index is 2.67. The summed E-state index contributed by atoms with van der Waals surface area (Å²) in [6, 6.07) is 21.0. The van der Waals surface area contributed by atoms with Crippen LogP contribution in [0.5, 0.6) is 0 Å². The molecule has 0 saturated heterocycles. The van der Waals surface area contributed by atoms with E-state index in [1.165, 1.54) is 109 Å². The number of aryl methyl sites for hydroxylation is 1. The third-order valence-electron chi connectivity index (χ3n) is 8.35. The molecule has 0 spiro atoms. The average Bonchev–Trinajstić information content (AvgIpc) is 3.48. The highest BCUT2D eigenvalue weighted by atomic mass is 15.0. The van der Waals surface area contributed by atoms with Gasteiger partial charge in [-0.2, -0.15) is 0 Å². The summed E-state index contributed by atoms with van der Waals surface area (Å²) in [5, 5.41) is 5.65. The number of hydrogen-bond donors (Lipinski definition) is 0. The summed E-state index contributed by atoms with van der Waals surface area (Å²) >= 11 is 0. The molecule has 1 unspecified atom stereocenters. The van der Waals surface area contributed by atoms with Crippen molar-refractivity contribution in [2.24, 2.45) is 11.8 Å². The van der Waals surface area contributed by atoms with Gasteiger partial charge in [0.1, 0.15) is 0 Å². The summed E-state index contributed by atoms with van der Waals surface area (Å²) in [4.78, 5) is 0. The smallest absolute Gasteiger partial charge is 0.0571 e. The molecule has 1 heterocycles. The summed E-state index contributed by atoms with van der Waals surface area (Å²) in [6.45, 7) is 5.81. The Balaban J connectivity index is 1.54. The highest BCUT2D eigenvalue weighted by Crippen LogP contribution is 2.36.